The molecule has 0 heterocycles. The Labute approximate surface area is 107 Å². The topological polar surface area (TPSA) is 55.1 Å². The number of hydrogen-bond donors (Lipinski definition) is 2. The van der Waals surface area contributed by atoms with E-state index in [-0.39, 0.29) is 5.91 Å². The van der Waals surface area contributed by atoms with Gasteiger partial charge in [-0.1, -0.05) is 38.2 Å². The van der Waals surface area contributed by atoms with Crippen molar-refractivity contribution < 1.29 is 4.79 Å². The summed E-state index contributed by atoms with van der Waals surface area (Å²) in [6, 6.07) is 7.27. The third kappa shape index (κ3) is 4.95. The van der Waals surface area contributed by atoms with Crippen LogP contribution in [0.1, 0.15) is 32.3 Å². The molecule has 0 fully saturated rings. The molecule has 0 atom stereocenters. The van der Waals surface area contributed by atoms with Gasteiger partial charge in [-0.05, 0) is 24.5 Å². The molecule has 1 amide bonds. The molecule has 0 unspecified atom stereocenters. The van der Waals surface area contributed by atoms with Crippen molar-refractivity contribution in [2.45, 2.75) is 26.7 Å². The van der Waals surface area contributed by atoms with E-state index in [2.05, 4.69) is 19.2 Å². The molecule has 4 heteroatoms. The molecule has 92 valence electrons. The molecular weight excluding hydrogens is 232 g/mol. The van der Waals surface area contributed by atoms with Gasteiger partial charge in [0.1, 0.15) is 4.99 Å². The molecule has 0 radical (unpaired) electrons. The molecule has 1 aromatic carbocycles. The molecule has 0 bridgehead atoms. The number of thiocarbonyl (C=S) groups is 1. The standard InChI is InChI=1S/C13H18N2OS/c1-9(2)6-7-12(16)15-11-5-3-4-10(8-11)13(14)17/h3-5,8-9H,6-7H2,1-2H3,(H2,14,17)(H,15,16). The van der Waals surface area contributed by atoms with Gasteiger partial charge in [-0.3, -0.25) is 4.79 Å². The lowest BCUT2D eigenvalue weighted by atomic mass is 10.1. The smallest absolute Gasteiger partial charge is 0.224 e. The highest BCUT2D eigenvalue weighted by molar-refractivity contribution is 7.80. The number of carbonyl (C=O) groups excluding carboxylic acids is 1. The van der Waals surface area contributed by atoms with Crippen LogP contribution in [-0.2, 0) is 4.79 Å². The van der Waals surface area contributed by atoms with Gasteiger partial charge in [0.2, 0.25) is 5.91 Å². The predicted molar refractivity (Wildman–Crippen MR) is 75.0 cm³/mol. The van der Waals surface area contributed by atoms with Gasteiger partial charge < -0.3 is 11.1 Å². The molecule has 3 nitrogen and oxygen atoms in total. The second-order valence-corrected chi connectivity index (χ2v) is 4.87. The zero-order valence-corrected chi connectivity index (χ0v) is 11.0. The van der Waals surface area contributed by atoms with Gasteiger partial charge in [-0.15, -0.1) is 0 Å². The second-order valence-electron chi connectivity index (χ2n) is 4.43. The minimum Gasteiger partial charge on any atom is -0.389 e. The Kier molecular flexibility index (Phi) is 5.10. The van der Waals surface area contributed by atoms with Crippen LogP contribution in [0.4, 0.5) is 5.69 Å². The fourth-order valence-corrected chi connectivity index (χ4v) is 1.52. The van der Waals surface area contributed by atoms with Crippen LogP contribution in [0, 0.1) is 5.92 Å². The van der Waals surface area contributed by atoms with E-state index in [9.17, 15) is 4.79 Å². The molecular formula is C13H18N2OS. The number of anilines is 1. The summed E-state index contributed by atoms with van der Waals surface area (Å²) in [6.07, 6.45) is 1.43. The Morgan fingerprint density at radius 1 is 1.47 bits per heavy atom. The van der Waals surface area contributed by atoms with Gasteiger partial charge in [0.05, 0.1) is 0 Å². The molecule has 1 rings (SSSR count). The molecule has 0 saturated carbocycles. The molecule has 0 aliphatic rings. The van der Waals surface area contributed by atoms with Crippen LogP contribution in [0.25, 0.3) is 0 Å². The lowest BCUT2D eigenvalue weighted by Gasteiger charge is -2.08. The van der Waals surface area contributed by atoms with Crippen LogP contribution in [0.5, 0.6) is 0 Å². The highest BCUT2D eigenvalue weighted by Crippen LogP contribution is 2.12. The fourth-order valence-electron chi connectivity index (χ4n) is 1.39. The van der Waals surface area contributed by atoms with E-state index in [1.807, 2.05) is 18.2 Å². The number of benzene rings is 1. The summed E-state index contributed by atoms with van der Waals surface area (Å²) >= 11 is 4.89. The molecule has 1 aromatic rings. The number of nitrogens with two attached hydrogens (primary N) is 1. The zero-order chi connectivity index (χ0) is 12.8. The monoisotopic (exact) mass is 250 g/mol. The predicted octanol–water partition coefficient (Wildman–Crippen LogP) is 2.70. The fraction of sp³-hybridized carbons (Fsp3) is 0.385. The van der Waals surface area contributed by atoms with Crippen LogP contribution < -0.4 is 11.1 Å². The SMILES string of the molecule is CC(C)CCC(=O)Nc1cccc(C(N)=S)c1. The van der Waals surface area contributed by atoms with Crippen LogP contribution in [0.2, 0.25) is 0 Å². The highest BCUT2D eigenvalue weighted by Gasteiger charge is 2.05. The van der Waals surface area contributed by atoms with Crippen molar-refractivity contribution in [1.29, 1.82) is 0 Å². The maximum Gasteiger partial charge on any atom is 0.224 e. The summed E-state index contributed by atoms with van der Waals surface area (Å²) < 4.78 is 0. The third-order valence-corrected chi connectivity index (χ3v) is 2.62. The zero-order valence-electron chi connectivity index (χ0n) is 10.2. The first-order valence-electron chi connectivity index (χ1n) is 5.68. The van der Waals surface area contributed by atoms with E-state index in [4.69, 9.17) is 18.0 Å². The van der Waals surface area contributed by atoms with Gasteiger partial charge >= 0.3 is 0 Å². The van der Waals surface area contributed by atoms with E-state index >= 15 is 0 Å². The summed E-state index contributed by atoms with van der Waals surface area (Å²) in [6.45, 7) is 4.20. The molecule has 0 aromatic heterocycles. The Morgan fingerprint density at radius 2 is 2.18 bits per heavy atom. The Bertz CT molecular complexity index is 416. The van der Waals surface area contributed by atoms with Gasteiger partial charge in [0.25, 0.3) is 0 Å². The minimum atomic E-state index is 0.0267. The van der Waals surface area contributed by atoms with Crippen molar-refractivity contribution in [3.63, 3.8) is 0 Å². The van der Waals surface area contributed by atoms with Crippen LogP contribution in [0.15, 0.2) is 24.3 Å². The van der Waals surface area contributed by atoms with Crippen molar-refractivity contribution in [3.8, 4) is 0 Å². The Balaban J connectivity index is 2.59. The van der Waals surface area contributed by atoms with Gasteiger partial charge in [-0.25, -0.2) is 0 Å². The third-order valence-electron chi connectivity index (χ3n) is 2.38. The molecule has 17 heavy (non-hydrogen) atoms. The average Bonchev–Trinajstić information content (AvgIpc) is 2.26. The number of amides is 1. The number of hydrogen-bond acceptors (Lipinski definition) is 2. The first kappa shape index (κ1) is 13.6. The summed E-state index contributed by atoms with van der Waals surface area (Å²) in [5.41, 5.74) is 7.04. The van der Waals surface area contributed by atoms with Gasteiger partial charge in [0, 0.05) is 17.7 Å². The number of nitrogens with one attached hydrogen (secondary N) is 1. The average molecular weight is 250 g/mol. The molecule has 0 aliphatic heterocycles. The molecule has 0 spiro atoms. The van der Waals surface area contributed by atoms with E-state index in [1.165, 1.54) is 0 Å². The van der Waals surface area contributed by atoms with E-state index in [0.29, 0.717) is 17.3 Å². The lowest BCUT2D eigenvalue weighted by molar-refractivity contribution is -0.116. The van der Waals surface area contributed by atoms with Crippen LogP contribution in [-0.4, -0.2) is 10.9 Å². The normalized spacial score (nSPS) is 10.3. The lowest BCUT2D eigenvalue weighted by Crippen LogP contribution is -2.14. The number of rotatable bonds is 5. The molecule has 0 aliphatic carbocycles. The minimum absolute atomic E-state index is 0.0267. The van der Waals surface area contributed by atoms with Gasteiger partial charge in [0.15, 0.2) is 0 Å². The Morgan fingerprint density at radius 3 is 2.76 bits per heavy atom. The van der Waals surface area contributed by atoms with Crippen molar-refractivity contribution in [2.75, 3.05) is 5.32 Å². The van der Waals surface area contributed by atoms with Gasteiger partial charge in [-0.2, -0.15) is 0 Å². The summed E-state index contributed by atoms with van der Waals surface area (Å²) in [4.78, 5) is 12.0. The molecule has 0 saturated heterocycles. The Hall–Kier alpha value is -1.42. The van der Waals surface area contributed by atoms with E-state index in [1.54, 1.807) is 6.07 Å². The number of carbonyl (C=O) groups is 1. The second kappa shape index (κ2) is 6.35. The van der Waals surface area contributed by atoms with E-state index in [0.717, 1.165) is 17.7 Å². The molecule has 3 N–H and O–H groups in total. The quantitative estimate of drug-likeness (QED) is 0.790. The maximum atomic E-state index is 11.6. The van der Waals surface area contributed by atoms with Crippen molar-refractivity contribution >= 4 is 28.8 Å². The van der Waals surface area contributed by atoms with Crippen molar-refractivity contribution in [1.82, 2.24) is 0 Å². The van der Waals surface area contributed by atoms with E-state index < -0.39 is 0 Å². The summed E-state index contributed by atoms with van der Waals surface area (Å²) in [7, 11) is 0. The van der Waals surface area contributed by atoms with Crippen molar-refractivity contribution in [2.24, 2.45) is 11.7 Å². The first-order chi connectivity index (χ1) is 7.99. The maximum absolute atomic E-state index is 11.6. The van der Waals surface area contributed by atoms with Crippen molar-refractivity contribution in [3.05, 3.63) is 29.8 Å². The summed E-state index contributed by atoms with van der Waals surface area (Å²) in [5.74, 6) is 0.558. The van der Waals surface area contributed by atoms with Crippen LogP contribution >= 0.6 is 12.2 Å². The first-order valence-corrected chi connectivity index (χ1v) is 6.09. The van der Waals surface area contributed by atoms with Crippen LogP contribution in [0.3, 0.4) is 0 Å². The summed E-state index contributed by atoms with van der Waals surface area (Å²) in [5, 5.41) is 2.84. The highest BCUT2D eigenvalue weighted by atomic mass is 32.1. The largest absolute Gasteiger partial charge is 0.389 e.